The molecule has 1 aromatic carbocycles. The van der Waals surface area contributed by atoms with Crippen molar-refractivity contribution in [3.05, 3.63) is 28.3 Å². The van der Waals surface area contributed by atoms with E-state index < -0.39 is 10.5 Å². The van der Waals surface area contributed by atoms with E-state index in [9.17, 15) is 14.9 Å². The number of hydrogen-bond donors (Lipinski definition) is 1. The summed E-state index contributed by atoms with van der Waals surface area (Å²) < 4.78 is 5.78. The van der Waals surface area contributed by atoms with Crippen LogP contribution in [0.1, 0.15) is 27.2 Å². The Balaban J connectivity index is 2.41. The highest BCUT2D eigenvalue weighted by Crippen LogP contribution is 2.38. The molecule has 1 amide bonds. The molecule has 7 heteroatoms. The van der Waals surface area contributed by atoms with Gasteiger partial charge in [-0.1, -0.05) is 6.92 Å². The van der Waals surface area contributed by atoms with Crippen LogP contribution < -0.4 is 15.2 Å². The number of nitro benzene ring substituents is 1. The minimum absolute atomic E-state index is 0.0391. The largest absolute Gasteiger partial charge is 0.484 e. The SMILES string of the molecule is CCC(=O)NN1CC(C)(C)Oc2ccc([N+](=O)[O-])cc21. The minimum atomic E-state index is -0.496. The summed E-state index contributed by atoms with van der Waals surface area (Å²) in [6, 6.07) is 4.35. The molecule has 108 valence electrons. The van der Waals surface area contributed by atoms with Gasteiger partial charge in [0, 0.05) is 18.6 Å². The van der Waals surface area contributed by atoms with Gasteiger partial charge in [-0.2, -0.15) is 0 Å². The second kappa shape index (κ2) is 4.99. The first-order valence-electron chi connectivity index (χ1n) is 6.37. The van der Waals surface area contributed by atoms with Gasteiger partial charge in [0.2, 0.25) is 5.91 Å². The Hall–Kier alpha value is -2.31. The molecule has 1 heterocycles. The van der Waals surface area contributed by atoms with E-state index in [4.69, 9.17) is 4.74 Å². The molecule has 0 radical (unpaired) electrons. The van der Waals surface area contributed by atoms with E-state index in [1.165, 1.54) is 12.1 Å². The summed E-state index contributed by atoms with van der Waals surface area (Å²) in [6.07, 6.45) is 0.335. The molecule has 0 aliphatic carbocycles. The Kier molecular flexibility index (Phi) is 3.52. The van der Waals surface area contributed by atoms with Gasteiger partial charge >= 0.3 is 0 Å². The zero-order valence-corrected chi connectivity index (χ0v) is 11.7. The van der Waals surface area contributed by atoms with Crippen molar-refractivity contribution >= 4 is 17.3 Å². The standard InChI is InChI=1S/C13H17N3O4/c1-4-12(17)14-15-8-13(2,3)20-11-6-5-9(16(18)19)7-10(11)15/h5-7H,4,8H2,1-3H3,(H,14,17). The molecule has 1 N–H and O–H groups in total. The highest BCUT2D eigenvalue weighted by Gasteiger charge is 2.33. The third kappa shape index (κ3) is 2.81. The molecule has 0 unspecified atom stereocenters. The predicted molar refractivity (Wildman–Crippen MR) is 73.6 cm³/mol. The van der Waals surface area contributed by atoms with Gasteiger partial charge in [0.05, 0.1) is 11.5 Å². The van der Waals surface area contributed by atoms with Crippen LogP contribution in [-0.4, -0.2) is 23.0 Å². The van der Waals surface area contributed by atoms with Crippen molar-refractivity contribution in [3.63, 3.8) is 0 Å². The number of amides is 1. The second-order valence-electron chi connectivity index (χ2n) is 5.25. The lowest BCUT2D eigenvalue weighted by Gasteiger charge is -2.40. The van der Waals surface area contributed by atoms with Crippen molar-refractivity contribution in [2.45, 2.75) is 32.8 Å². The Labute approximate surface area is 116 Å². The summed E-state index contributed by atoms with van der Waals surface area (Å²) in [5, 5.41) is 12.5. The molecule has 0 bridgehead atoms. The molecule has 0 atom stereocenters. The molecular formula is C13H17N3O4. The fourth-order valence-electron chi connectivity index (χ4n) is 2.04. The average Bonchev–Trinajstić information content (AvgIpc) is 2.36. The fraction of sp³-hybridized carbons (Fsp3) is 0.462. The Morgan fingerprint density at radius 1 is 1.55 bits per heavy atom. The highest BCUT2D eigenvalue weighted by molar-refractivity contribution is 5.79. The van der Waals surface area contributed by atoms with Crippen LogP contribution in [0.3, 0.4) is 0 Å². The van der Waals surface area contributed by atoms with Crippen LogP contribution in [0.5, 0.6) is 5.75 Å². The van der Waals surface area contributed by atoms with Gasteiger partial charge in [0.25, 0.3) is 5.69 Å². The van der Waals surface area contributed by atoms with Crippen LogP contribution in [0.2, 0.25) is 0 Å². The molecule has 1 aromatic rings. The number of nitrogens with one attached hydrogen (secondary N) is 1. The number of benzene rings is 1. The number of rotatable bonds is 3. The van der Waals surface area contributed by atoms with E-state index >= 15 is 0 Å². The van der Waals surface area contributed by atoms with E-state index in [0.29, 0.717) is 24.4 Å². The highest BCUT2D eigenvalue weighted by atomic mass is 16.6. The van der Waals surface area contributed by atoms with Crippen LogP contribution in [0, 0.1) is 10.1 Å². The zero-order valence-electron chi connectivity index (χ0n) is 11.7. The maximum Gasteiger partial charge on any atom is 0.271 e. The van der Waals surface area contributed by atoms with Crippen molar-refractivity contribution in [1.82, 2.24) is 5.43 Å². The third-order valence-corrected chi connectivity index (χ3v) is 2.95. The van der Waals surface area contributed by atoms with E-state index in [-0.39, 0.29) is 11.6 Å². The van der Waals surface area contributed by atoms with Gasteiger partial charge in [-0.15, -0.1) is 0 Å². The number of ether oxygens (including phenoxy) is 1. The summed E-state index contributed by atoms with van der Waals surface area (Å²) in [4.78, 5) is 22.0. The first-order chi connectivity index (χ1) is 9.32. The maximum absolute atomic E-state index is 11.6. The molecule has 1 aliphatic rings. The van der Waals surface area contributed by atoms with Crippen LogP contribution in [0.4, 0.5) is 11.4 Å². The fourth-order valence-corrected chi connectivity index (χ4v) is 2.04. The van der Waals surface area contributed by atoms with Crippen LogP contribution in [0.25, 0.3) is 0 Å². The van der Waals surface area contributed by atoms with Crippen LogP contribution >= 0.6 is 0 Å². The summed E-state index contributed by atoms with van der Waals surface area (Å²) in [7, 11) is 0. The number of carbonyl (C=O) groups is 1. The number of nitrogens with zero attached hydrogens (tertiary/aromatic N) is 2. The topological polar surface area (TPSA) is 84.7 Å². The molecule has 20 heavy (non-hydrogen) atoms. The minimum Gasteiger partial charge on any atom is -0.484 e. The quantitative estimate of drug-likeness (QED) is 0.675. The summed E-state index contributed by atoms with van der Waals surface area (Å²) >= 11 is 0. The molecule has 7 nitrogen and oxygen atoms in total. The predicted octanol–water partition coefficient (Wildman–Crippen LogP) is 2.01. The summed E-state index contributed by atoms with van der Waals surface area (Å²) in [5.74, 6) is 0.364. The van der Waals surface area contributed by atoms with Crippen molar-refractivity contribution in [2.24, 2.45) is 0 Å². The van der Waals surface area contributed by atoms with E-state index in [1.807, 2.05) is 13.8 Å². The first-order valence-corrected chi connectivity index (χ1v) is 6.37. The lowest BCUT2D eigenvalue weighted by molar-refractivity contribution is -0.384. The molecule has 0 saturated carbocycles. The Morgan fingerprint density at radius 3 is 2.85 bits per heavy atom. The monoisotopic (exact) mass is 279 g/mol. The van der Waals surface area contributed by atoms with Crippen LogP contribution in [0.15, 0.2) is 18.2 Å². The average molecular weight is 279 g/mol. The Bertz CT molecular complexity index is 557. The van der Waals surface area contributed by atoms with Gasteiger partial charge in [-0.25, -0.2) is 0 Å². The smallest absolute Gasteiger partial charge is 0.271 e. The van der Waals surface area contributed by atoms with Gasteiger partial charge in [0.1, 0.15) is 17.0 Å². The number of hydrogen-bond acceptors (Lipinski definition) is 5. The van der Waals surface area contributed by atoms with Crippen molar-refractivity contribution in [3.8, 4) is 5.75 Å². The maximum atomic E-state index is 11.6. The lowest BCUT2D eigenvalue weighted by atomic mass is 10.1. The third-order valence-electron chi connectivity index (χ3n) is 2.95. The molecule has 2 rings (SSSR count). The lowest BCUT2D eigenvalue weighted by Crippen LogP contribution is -2.54. The number of fused-ring (bicyclic) bond motifs is 1. The van der Waals surface area contributed by atoms with E-state index in [2.05, 4.69) is 5.43 Å². The molecule has 1 aliphatic heterocycles. The van der Waals surface area contributed by atoms with E-state index in [0.717, 1.165) is 0 Å². The van der Waals surface area contributed by atoms with Gasteiger partial charge < -0.3 is 4.74 Å². The van der Waals surface area contributed by atoms with Gasteiger partial charge in [-0.3, -0.25) is 25.3 Å². The normalized spacial score (nSPS) is 16.1. The number of anilines is 1. The zero-order chi connectivity index (χ0) is 14.9. The molecule has 0 aromatic heterocycles. The molecule has 0 spiro atoms. The number of carbonyl (C=O) groups excluding carboxylic acids is 1. The number of hydrazine groups is 1. The first kappa shape index (κ1) is 14.1. The molecule has 0 saturated heterocycles. The van der Waals surface area contributed by atoms with Crippen molar-refractivity contribution in [2.75, 3.05) is 11.6 Å². The van der Waals surface area contributed by atoms with Crippen molar-refractivity contribution < 1.29 is 14.5 Å². The van der Waals surface area contributed by atoms with E-state index in [1.54, 1.807) is 18.0 Å². The van der Waals surface area contributed by atoms with Gasteiger partial charge in [-0.05, 0) is 19.9 Å². The number of nitro groups is 1. The van der Waals surface area contributed by atoms with Crippen LogP contribution in [-0.2, 0) is 4.79 Å². The molecule has 0 fully saturated rings. The summed E-state index contributed by atoms with van der Waals surface area (Å²) in [5.41, 5.74) is 2.70. The van der Waals surface area contributed by atoms with Gasteiger partial charge in [0.15, 0.2) is 0 Å². The second-order valence-corrected chi connectivity index (χ2v) is 5.25. The van der Waals surface area contributed by atoms with Crippen molar-refractivity contribution in [1.29, 1.82) is 0 Å². The number of non-ortho nitro benzene ring substituents is 1. The summed E-state index contributed by atoms with van der Waals surface area (Å²) in [6.45, 7) is 5.94. The Morgan fingerprint density at radius 2 is 2.25 bits per heavy atom. The molecular weight excluding hydrogens is 262 g/mol.